The predicted molar refractivity (Wildman–Crippen MR) is 126 cm³/mol. The van der Waals surface area contributed by atoms with Gasteiger partial charge in [-0.1, -0.05) is 85.0 Å². The summed E-state index contributed by atoms with van der Waals surface area (Å²) in [6, 6.07) is 19.9. The zero-order valence-electron chi connectivity index (χ0n) is 17.3. The first kappa shape index (κ1) is 17.9. The molecule has 3 aromatic carbocycles. The summed E-state index contributed by atoms with van der Waals surface area (Å²) in [5.41, 5.74) is 12.3. The van der Waals surface area contributed by atoms with Crippen LogP contribution in [-0.4, -0.2) is 0 Å². The maximum absolute atomic E-state index is 4.53. The third kappa shape index (κ3) is 3.19. The van der Waals surface area contributed by atoms with Gasteiger partial charge in [0.1, 0.15) is 0 Å². The monoisotopic (exact) mass is 374 g/mol. The first-order chi connectivity index (χ1) is 14.1. The van der Waals surface area contributed by atoms with E-state index in [1.807, 2.05) is 0 Å². The molecule has 0 fully saturated rings. The van der Waals surface area contributed by atoms with E-state index in [0.717, 1.165) is 19.3 Å². The number of hydrogen-bond acceptors (Lipinski definition) is 0. The second-order valence-corrected chi connectivity index (χ2v) is 8.39. The maximum Gasteiger partial charge on any atom is -0.00137 e. The molecule has 2 aliphatic carbocycles. The largest absolute Gasteiger partial charge is 0.0949 e. The average Bonchev–Trinajstić information content (AvgIpc) is 3.34. The molecule has 3 aromatic rings. The van der Waals surface area contributed by atoms with E-state index in [0.29, 0.717) is 0 Å². The molecule has 0 spiro atoms. The Bertz CT molecular complexity index is 1240. The molecule has 0 saturated carbocycles. The van der Waals surface area contributed by atoms with Crippen LogP contribution in [0, 0.1) is 13.8 Å². The van der Waals surface area contributed by atoms with Gasteiger partial charge in [0.2, 0.25) is 0 Å². The normalized spacial score (nSPS) is 15.2. The van der Waals surface area contributed by atoms with Gasteiger partial charge in [-0.15, -0.1) is 0 Å². The van der Waals surface area contributed by atoms with Gasteiger partial charge < -0.3 is 0 Å². The van der Waals surface area contributed by atoms with E-state index in [1.165, 1.54) is 60.9 Å². The smallest absolute Gasteiger partial charge is 0.00137 e. The van der Waals surface area contributed by atoms with E-state index >= 15 is 0 Å². The molecule has 0 unspecified atom stereocenters. The number of aryl methyl sites for hydroxylation is 2. The summed E-state index contributed by atoms with van der Waals surface area (Å²) < 4.78 is 0. The van der Waals surface area contributed by atoms with Crippen molar-refractivity contribution in [2.24, 2.45) is 0 Å². The predicted octanol–water partition coefficient (Wildman–Crippen LogP) is 7.76. The Labute approximate surface area is 173 Å². The van der Waals surface area contributed by atoms with E-state index in [2.05, 4.69) is 93.3 Å². The van der Waals surface area contributed by atoms with Gasteiger partial charge in [-0.3, -0.25) is 0 Å². The second kappa shape index (κ2) is 7.04. The summed E-state index contributed by atoms with van der Waals surface area (Å²) in [7, 11) is 0. The van der Waals surface area contributed by atoms with Crippen molar-refractivity contribution in [1.82, 2.24) is 0 Å². The molecule has 0 bridgehead atoms. The number of rotatable bonds is 4. The molecule has 0 aromatic heterocycles. The van der Waals surface area contributed by atoms with Crippen LogP contribution >= 0.6 is 0 Å². The molecule has 2 aliphatic rings. The highest BCUT2D eigenvalue weighted by Crippen LogP contribution is 2.40. The number of allylic oxidation sites excluding steroid dienone is 6. The Hall–Kier alpha value is -3.12. The number of fused-ring (bicyclic) bond motifs is 2. The third-order valence-corrected chi connectivity index (χ3v) is 6.28. The lowest BCUT2D eigenvalue weighted by Gasteiger charge is -2.16. The molecule has 142 valence electrons. The number of benzene rings is 3. The van der Waals surface area contributed by atoms with Crippen molar-refractivity contribution in [2.75, 3.05) is 0 Å². The van der Waals surface area contributed by atoms with Crippen LogP contribution in [-0.2, 0) is 6.42 Å². The van der Waals surface area contributed by atoms with Crippen LogP contribution in [0.3, 0.4) is 0 Å². The van der Waals surface area contributed by atoms with Crippen LogP contribution in [0.1, 0.15) is 40.7 Å². The summed E-state index contributed by atoms with van der Waals surface area (Å²) in [5, 5.41) is 2.62. The van der Waals surface area contributed by atoms with Crippen molar-refractivity contribution < 1.29 is 0 Å². The number of hydrogen-bond donors (Lipinski definition) is 0. The van der Waals surface area contributed by atoms with Gasteiger partial charge in [0.25, 0.3) is 0 Å². The van der Waals surface area contributed by atoms with Crippen LogP contribution in [0.15, 0.2) is 90.0 Å². The van der Waals surface area contributed by atoms with Gasteiger partial charge in [-0.2, -0.15) is 0 Å². The first-order valence-electron chi connectivity index (χ1n) is 10.5. The topological polar surface area (TPSA) is 0 Å². The van der Waals surface area contributed by atoms with E-state index in [-0.39, 0.29) is 0 Å². The summed E-state index contributed by atoms with van der Waals surface area (Å²) in [4.78, 5) is 0. The van der Waals surface area contributed by atoms with Crippen molar-refractivity contribution in [1.29, 1.82) is 0 Å². The first-order valence-corrected chi connectivity index (χ1v) is 10.5. The molecule has 0 N–H and O–H groups in total. The molecule has 0 radical (unpaired) electrons. The summed E-state index contributed by atoms with van der Waals surface area (Å²) >= 11 is 0. The molecule has 0 heteroatoms. The van der Waals surface area contributed by atoms with Gasteiger partial charge in [0.05, 0.1) is 0 Å². The van der Waals surface area contributed by atoms with Gasteiger partial charge in [0, 0.05) is 0 Å². The lowest BCUT2D eigenvalue weighted by molar-refractivity contribution is 1.17. The minimum Gasteiger partial charge on any atom is -0.0949 e. The maximum atomic E-state index is 4.53. The zero-order chi connectivity index (χ0) is 20.0. The highest BCUT2D eigenvalue weighted by Gasteiger charge is 2.21. The second-order valence-electron chi connectivity index (χ2n) is 8.39. The molecule has 29 heavy (non-hydrogen) atoms. The zero-order valence-corrected chi connectivity index (χ0v) is 17.3. The van der Waals surface area contributed by atoms with E-state index < -0.39 is 0 Å². The highest BCUT2D eigenvalue weighted by atomic mass is 14.3. The van der Waals surface area contributed by atoms with Crippen molar-refractivity contribution in [3.8, 4) is 0 Å². The fourth-order valence-electron chi connectivity index (χ4n) is 4.86. The molecule has 0 heterocycles. The fraction of sp³-hybridized carbons (Fsp3) is 0.172. The van der Waals surface area contributed by atoms with Crippen LogP contribution in [0.25, 0.3) is 22.4 Å². The SMILES string of the molecule is C=C(CC1=CCC=C1C1=Cc2ccccc2C1)c1c(C)ccc2cc(C)ccc12. The summed E-state index contributed by atoms with van der Waals surface area (Å²) in [6.45, 7) is 8.89. The highest BCUT2D eigenvalue weighted by molar-refractivity contribution is 5.95. The lowest BCUT2D eigenvalue weighted by Crippen LogP contribution is -1.97. The molecule has 5 rings (SSSR count). The van der Waals surface area contributed by atoms with Crippen LogP contribution in [0.5, 0.6) is 0 Å². The molecular formula is C29H26. The Morgan fingerprint density at radius 2 is 1.83 bits per heavy atom. The third-order valence-electron chi connectivity index (χ3n) is 6.28. The molecule has 0 amide bonds. The van der Waals surface area contributed by atoms with Crippen molar-refractivity contribution in [3.05, 3.63) is 118 Å². The van der Waals surface area contributed by atoms with E-state index in [9.17, 15) is 0 Å². The quantitative estimate of drug-likeness (QED) is 0.438. The van der Waals surface area contributed by atoms with Gasteiger partial charge in [-0.05, 0) is 88.4 Å². The Balaban J connectivity index is 1.44. The Morgan fingerprint density at radius 3 is 2.69 bits per heavy atom. The van der Waals surface area contributed by atoms with Gasteiger partial charge in [0.15, 0.2) is 0 Å². The van der Waals surface area contributed by atoms with Crippen LogP contribution in [0.4, 0.5) is 0 Å². The van der Waals surface area contributed by atoms with Gasteiger partial charge in [-0.25, -0.2) is 0 Å². The van der Waals surface area contributed by atoms with E-state index in [1.54, 1.807) is 0 Å². The minimum absolute atomic E-state index is 0.910. The van der Waals surface area contributed by atoms with E-state index in [4.69, 9.17) is 0 Å². The van der Waals surface area contributed by atoms with Crippen molar-refractivity contribution in [3.63, 3.8) is 0 Å². The summed E-state index contributed by atoms with van der Waals surface area (Å²) in [6.07, 6.45) is 10.1. The molecule has 0 saturated heterocycles. The van der Waals surface area contributed by atoms with Crippen molar-refractivity contribution >= 4 is 22.4 Å². The van der Waals surface area contributed by atoms with Crippen LogP contribution in [0.2, 0.25) is 0 Å². The molecule has 0 nitrogen and oxygen atoms in total. The van der Waals surface area contributed by atoms with Crippen LogP contribution < -0.4 is 0 Å². The molecular weight excluding hydrogens is 348 g/mol. The summed E-state index contributed by atoms with van der Waals surface area (Å²) in [5.74, 6) is 0. The van der Waals surface area contributed by atoms with Crippen molar-refractivity contribution in [2.45, 2.75) is 33.1 Å². The molecule has 0 atom stereocenters. The Morgan fingerprint density at radius 1 is 0.966 bits per heavy atom. The standard InChI is InChI=1S/C29H26/c1-19-11-14-28-25(15-19)13-12-20(2)29(28)21(3)16-24-9-6-10-27(24)26-17-22-7-4-5-8-23(22)18-26/h4-5,7-15,17H,3,6,16,18H2,1-2H3. The average molecular weight is 375 g/mol. The minimum atomic E-state index is 0.910. The molecule has 0 aliphatic heterocycles. The van der Waals surface area contributed by atoms with Gasteiger partial charge >= 0.3 is 0 Å². The lowest BCUT2D eigenvalue weighted by atomic mass is 9.88. The fourth-order valence-corrected chi connectivity index (χ4v) is 4.86. The Kier molecular flexibility index (Phi) is 4.36.